The molecule has 1 N–H and O–H groups in total. The minimum atomic E-state index is 0.0199. The molecule has 0 unspecified atom stereocenters. The van der Waals surface area contributed by atoms with Crippen LogP contribution in [0, 0.1) is 13.8 Å². The van der Waals surface area contributed by atoms with Gasteiger partial charge in [-0.2, -0.15) is 0 Å². The van der Waals surface area contributed by atoms with Crippen molar-refractivity contribution in [1.82, 2.24) is 24.8 Å². The minimum absolute atomic E-state index is 0.0199. The van der Waals surface area contributed by atoms with Crippen molar-refractivity contribution >= 4 is 23.7 Å². The number of hydrogen-bond donors (Lipinski definition) is 1. The van der Waals surface area contributed by atoms with E-state index in [0.29, 0.717) is 18.3 Å². The van der Waals surface area contributed by atoms with Crippen LogP contribution >= 0.6 is 0 Å². The van der Waals surface area contributed by atoms with E-state index in [1.165, 1.54) is 0 Å². The van der Waals surface area contributed by atoms with E-state index in [9.17, 15) is 4.79 Å². The molecule has 1 atom stereocenters. The number of carbonyl (C=O) groups excluding carboxylic acids is 1. The summed E-state index contributed by atoms with van der Waals surface area (Å²) in [6.45, 7) is 5.31. The van der Waals surface area contributed by atoms with Crippen LogP contribution < -0.4 is 5.32 Å². The molecule has 0 spiro atoms. The Morgan fingerprint density at radius 2 is 1.97 bits per heavy atom. The van der Waals surface area contributed by atoms with Gasteiger partial charge in [-0.1, -0.05) is 12.1 Å². The summed E-state index contributed by atoms with van der Waals surface area (Å²) in [7, 11) is 0. The molecule has 7 heteroatoms. The highest BCUT2D eigenvalue weighted by Gasteiger charge is 2.24. The highest BCUT2D eigenvalue weighted by molar-refractivity contribution is 5.91. The van der Waals surface area contributed by atoms with Gasteiger partial charge in [0.15, 0.2) is 0 Å². The lowest BCUT2D eigenvalue weighted by molar-refractivity contribution is -0.127. The van der Waals surface area contributed by atoms with Gasteiger partial charge in [0.05, 0.1) is 0 Å². The molecule has 1 saturated heterocycles. The second-order valence-corrected chi connectivity index (χ2v) is 7.79. The highest BCUT2D eigenvalue weighted by Crippen LogP contribution is 2.27. The number of nitrogens with one attached hydrogen (secondary N) is 1. The van der Waals surface area contributed by atoms with Gasteiger partial charge in [0.2, 0.25) is 11.9 Å². The Morgan fingerprint density at radius 3 is 2.74 bits per heavy atom. The monoisotopic (exact) mass is 414 g/mol. The SMILES string of the molecule is Cc1cc(C)nc(Nc2cccc([C@H]3CCCN(C(=O)/C=C/c4cccnc4)C3)n2)n1. The first-order valence-electron chi connectivity index (χ1n) is 10.5. The lowest BCUT2D eigenvalue weighted by Gasteiger charge is -2.32. The van der Waals surface area contributed by atoms with Crippen LogP contribution in [0.15, 0.2) is 54.9 Å². The Morgan fingerprint density at radius 1 is 1.13 bits per heavy atom. The Hall–Kier alpha value is -3.61. The van der Waals surface area contributed by atoms with E-state index in [-0.39, 0.29) is 11.8 Å². The Kier molecular flexibility index (Phi) is 6.31. The van der Waals surface area contributed by atoms with Gasteiger partial charge < -0.3 is 10.2 Å². The number of likely N-dealkylation sites (tertiary alicyclic amines) is 1. The minimum Gasteiger partial charge on any atom is -0.338 e. The van der Waals surface area contributed by atoms with Crippen molar-refractivity contribution in [2.24, 2.45) is 0 Å². The third-order valence-corrected chi connectivity index (χ3v) is 5.25. The van der Waals surface area contributed by atoms with E-state index in [2.05, 4.69) is 20.3 Å². The molecule has 1 fully saturated rings. The molecule has 4 rings (SSSR count). The molecule has 31 heavy (non-hydrogen) atoms. The summed E-state index contributed by atoms with van der Waals surface area (Å²) >= 11 is 0. The number of hydrogen-bond acceptors (Lipinski definition) is 6. The van der Waals surface area contributed by atoms with Gasteiger partial charge >= 0.3 is 0 Å². The number of anilines is 2. The largest absolute Gasteiger partial charge is 0.338 e. The van der Waals surface area contributed by atoms with Crippen molar-refractivity contribution in [2.75, 3.05) is 18.4 Å². The van der Waals surface area contributed by atoms with E-state index >= 15 is 0 Å². The topological polar surface area (TPSA) is 83.9 Å². The second-order valence-electron chi connectivity index (χ2n) is 7.79. The van der Waals surface area contributed by atoms with Crippen LogP contribution in [-0.4, -0.2) is 43.8 Å². The molecule has 1 amide bonds. The molecule has 0 saturated carbocycles. The van der Waals surface area contributed by atoms with Crippen LogP contribution in [-0.2, 0) is 4.79 Å². The second kappa shape index (κ2) is 9.47. The maximum absolute atomic E-state index is 12.7. The van der Waals surface area contributed by atoms with Crippen molar-refractivity contribution in [3.63, 3.8) is 0 Å². The fraction of sp³-hybridized carbons (Fsp3) is 0.292. The number of nitrogens with zero attached hydrogens (tertiary/aromatic N) is 5. The zero-order chi connectivity index (χ0) is 21.6. The first-order valence-corrected chi connectivity index (χ1v) is 10.5. The molecule has 4 heterocycles. The van der Waals surface area contributed by atoms with Gasteiger partial charge in [0.25, 0.3) is 0 Å². The van der Waals surface area contributed by atoms with Crippen LogP contribution in [0.3, 0.4) is 0 Å². The first kappa shape index (κ1) is 20.7. The van der Waals surface area contributed by atoms with E-state index in [1.54, 1.807) is 18.5 Å². The van der Waals surface area contributed by atoms with Gasteiger partial charge in [-0.05, 0) is 62.6 Å². The summed E-state index contributed by atoms with van der Waals surface area (Å²) in [5, 5.41) is 3.21. The smallest absolute Gasteiger partial charge is 0.246 e. The number of aromatic nitrogens is 4. The van der Waals surface area contributed by atoms with Gasteiger partial charge in [-0.3, -0.25) is 9.78 Å². The van der Waals surface area contributed by atoms with Gasteiger partial charge in [-0.25, -0.2) is 15.0 Å². The van der Waals surface area contributed by atoms with Crippen molar-refractivity contribution in [1.29, 1.82) is 0 Å². The average molecular weight is 415 g/mol. The zero-order valence-corrected chi connectivity index (χ0v) is 17.8. The van der Waals surface area contributed by atoms with Crippen LogP contribution in [0.5, 0.6) is 0 Å². The predicted octanol–water partition coefficient (Wildman–Crippen LogP) is 4.05. The number of aryl methyl sites for hydroxylation is 2. The van der Waals surface area contributed by atoms with Crippen molar-refractivity contribution < 1.29 is 4.79 Å². The first-order chi connectivity index (χ1) is 15.1. The lowest BCUT2D eigenvalue weighted by atomic mass is 9.94. The Labute approximate surface area is 182 Å². The number of rotatable bonds is 5. The summed E-state index contributed by atoms with van der Waals surface area (Å²) < 4.78 is 0. The molecule has 1 aliphatic heterocycles. The van der Waals surface area contributed by atoms with Crippen molar-refractivity contribution in [3.8, 4) is 0 Å². The number of pyridine rings is 2. The van der Waals surface area contributed by atoms with Crippen LogP contribution in [0.4, 0.5) is 11.8 Å². The summed E-state index contributed by atoms with van der Waals surface area (Å²) in [4.78, 5) is 32.3. The standard InChI is InChI=1S/C24H26N6O/c1-17-14-18(2)27-24(26-17)29-22-9-3-8-21(28-22)20-7-5-13-30(16-20)23(31)11-10-19-6-4-12-25-15-19/h3-4,6,8-12,14-15,20H,5,7,13,16H2,1-2H3,(H,26,27,28,29)/b11-10+/t20-/m0/s1. The van der Waals surface area contributed by atoms with Gasteiger partial charge in [0, 0.05) is 54.6 Å². The molecule has 7 nitrogen and oxygen atoms in total. The molecule has 0 bridgehead atoms. The normalized spacial score (nSPS) is 16.5. The van der Waals surface area contributed by atoms with Crippen LogP contribution in [0.2, 0.25) is 0 Å². The molecule has 158 valence electrons. The molecule has 0 aliphatic carbocycles. The third kappa shape index (κ3) is 5.51. The van der Waals surface area contributed by atoms with Crippen molar-refractivity contribution in [2.45, 2.75) is 32.6 Å². The molecule has 0 aromatic carbocycles. The number of amides is 1. The number of carbonyl (C=O) groups is 1. The lowest BCUT2D eigenvalue weighted by Crippen LogP contribution is -2.38. The van der Waals surface area contributed by atoms with E-state index < -0.39 is 0 Å². The third-order valence-electron chi connectivity index (χ3n) is 5.25. The fourth-order valence-electron chi connectivity index (χ4n) is 3.81. The van der Waals surface area contributed by atoms with E-state index in [0.717, 1.165) is 42.0 Å². The van der Waals surface area contributed by atoms with E-state index in [4.69, 9.17) is 4.98 Å². The van der Waals surface area contributed by atoms with Crippen LogP contribution in [0.1, 0.15) is 41.4 Å². The molecule has 3 aromatic heterocycles. The average Bonchev–Trinajstić information content (AvgIpc) is 2.78. The quantitative estimate of drug-likeness (QED) is 0.634. The molecule has 3 aromatic rings. The molecule has 1 aliphatic rings. The zero-order valence-electron chi connectivity index (χ0n) is 17.8. The summed E-state index contributed by atoms with van der Waals surface area (Å²) in [6.07, 6.45) is 8.86. The summed E-state index contributed by atoms with van der Waals surface area (Å²) in [6, 6.07) is 11.6. The maximum atomic E-state index is 12.7. The Bertz CT molecular complexity index is 1060. The Balaban J connectivity index is 1.44. The fourth-order valence-corrected chi connectivity index (χ4v) is 3.81. The van der Waals surface area contributed by atoms with E-state index in [1.807, 2.05) is 61.2 Å². The molecular weight excluding hydrogens is 388 g/mol. The van der Waals surface area contributed by atoms with Crippen molar-refractivity contribution in [3.05, 3.63) is 77.5 Å². The molecule has 0 radical (unpaired) electrons. The van der Waals surface area contributed by atoms with Gasteiger partial charge in [-0.15, -0.1) is 0 Å². The van der Waals surface area contributed by atoms with Crippen LogP contribution in [0.25, 0.3) is 6.08 Å². The maximum Gasteiger partial charge on any atom is 0.246 e. The van der Waals surface area contributed by atoms with Gasteiger partial charge in [0.1, 0.15) is 5.82 Å². The summed E-state index contributed by atoms with van der Waals surface area (Å²) in [5.74, 6) is 1.48. The summed E-state index contributed by atoms with van der Waals surface area (Å²) in [5.41, 5.74) is 3.71. The number of piperidine rings is 1. The highest BCUT2D eigenvalue weighted by atomic mass is 16.2. The molecular formula is C24H26N6O. The predicted molar refractivity (Wildman–Crippen MR) is 121 cm³/mol.